The molecule has 0 aliphatic heterocycles. The molecule has 0 radical (unpaired) electrons. The fourth-order valence-electron chi connectivity index (χ4n) is 1.10. The van der Waals surface area contributed by atoms with E-state index in [0.717, 1.165) is 10.9 Å². The van der Waals surface area contributed by atoms with Crippen LogP contribution in [0, 0.1) is 0 Å². The lowest BCUT2D eigenvalue weighted by atomic mass is 10.3. The highest BCUT2D eigenvalue weighted by Crippen LogP contribution is 2.23. The van der Waals surface area contributed by atoms with Crippen molar-refractivity contribution in [1.29, 1.82) is 0 Å². The summed E-state index contributed by atoms with van der Waals surface area (Å²) >= 11 is 5.72. The predicted octanol–water partition coefficient (Wildman–Crippen LogP) is 2.67. The van der Waals surface area contributed by atoms with Crippen LogP contribution in [0.5, 0.6) is 0 Å². The molecule has 1 rings (SSSR count). The summed E-state index contributed by atoms with van der Waals surface area (Å²) in [6.07, 6.45) is -4.26. The van der Waals surface area contributed by atoms with E-state index in [1.807, 2.05) is 0 Å². The molecule has 96 valence electrons. The molecule has 0 bridgehead atoms. The summed E-state index contributed by atoms with van der Waals surface area (Å²) in [5.41, 5.74) is -0.0318. The summed E-state index contributed by atoms with van der Waals surface area (Å²) in [6.45, 7) is 1.34. The van der Waals surface area contributed by atoms with Gasteiger partial charge in [-0.3, -0.25) is 4.68 Å². The van der Waals surface area contributed by atoms with Crippen LogP contribution in [0.25, 0.3) is 0 Å². The van der Waals surface area contributed by atoms with Crippen molar-refractivity contribution in [3.8, 4) is 0 Å². The van der Waals surface area contributed by atoms with Crippen molar-refractivity contribution in [3.63, 3.8) is 0 Å². The van der Waals surface area contributed by atoms with Crippen LogP contribution >= 0.6 is 11.6 Å². The minimum Gasteiger partial charge on any atom is -0.462 e. The Hall–Kier alpha value is -1.24. The van der Waals surface area contributed by atoms with E-state index in [2.05, 4.69) is 9.84 Å². The Morgan fingerprint density at radius 1 is 1.59 bits per heavy atom. The van der Waals surface area contributed by atoms with E-state index in [1.54, 1.807) is 6.92 Å². The molecule has 1 heterocycles. The van der Waals surface area contributed by atoms with E-state index in [0.29, 0.717) is 0 Å². The molecule has 1 aromatic rings. The predicted molar refractivity (Wildman–Crippen MR) is 53.9 cm³/mol. The van der Waals surface area contributed by atoms with Crippen molar-refractivity contribution in [2.45, 2.75) is 26.1 Å². The number of hydrogen-bond acceptors (Lipinski definition) is 3. The van der Waals surface area contributed by atoms with Crippen LogP contribution in [-0.2, 0) is 11.3 Å². The Labute approximate surface area is 100 Å². The first-order valence-corrected chi connectivity index (χ1v) is 5.18. The molecule has 0 aliphatic carbocycles. The number of ether oxygens (including phenoxy) is 1. The third kappa shape index (κ3) is 3.92. The van der Waals surface area contributed by atoms with Gasteiger partial charge < -0.3 is 4.74 Å². The molecule has 0 saturated carbocycles. The van der Waals surface area contributed by atoms with Gasteiger partial charge >= 0.3 is 12.1 Å². The second-order valence-electron chi connectivity index (χ2n) is 3.16. The van der Waals surface area contributed by atoms with Gasteiger partial charge in [0.1, 0.15) is 10.7 Å². The topological polar surface area (TPSA) is 44.1 Å². The van der Waals surface area contributed by atoms with Gasteiger partial charge in [0.05, 0.1) is 25.8 Å². The van der Waals surface area contributed by atoms with Crippen LogP contribution < -0.4 is 0 Å². The Kier molecular flexibility index (Phi) is 4.39. The Balaban J connectivity index is 2.74. The van der Waals surface area contributed by atoms with Gasteiger partial charge in [0.25, 0.3) is 0 Å². The number of carbonyl (C=O) groups is 1. The van der Waals surface area contributed by atoms with Gasteiger partial charge in [-0.2, -0.15) is 18.3 Å². The zero-order valence-electron chi connectivity index (χ0n) is 8.92. The number of rotatable bonds is 4. The standard InChI is InChI=1S/C9H10ClF3N2O2/c1-2-17-8(16)6-5-14-15(7(6)10)4-3-9(11,12)13/h5H,2-4H2,1H3. The molecule has 0 spiro atoms. The molecule has 0 aliphatic rings. The molecule has 17 heavy (non-hydrogen) atoms. The normalized spacial score (nSPS) is 11.6. The van der Waals surface area contributed by atoms with Crippen LogP contribution in [-0.4, -0.2) is 28.5 Å². The lowest BCUT2D eigenvalue weighted by Gasteiger charge is -2.07. The van der Waals surface area contributed by atoms with Gasteiger partial charge in [0.15, 0.2) is 0 Å². The molecule has 0 unspecified atom stereocenters. The van der Waals surface area contributed by atoms with Gasteiger partial charge in [-0.25, -0.2) is 4.79 Å². The largest absolute Gasteiger partial charge is 0.462 e. The maximum Gasteiger partial charge on any atom is 0.390 e. The van der Waals surface area contributed by atoms with E-state index in [1.165, 1.54) is 0 Å². The molecule has 0 N–H and O–H groups in total. The number of carbonyl (C=O) groups excluding carboxylic acids is 1. The second kappa shape index (κ2) is 5.39. The van der Waals surface area contributed by atoms with E-state index in [4.69, 9.17) is 11.6 Å². The molecule has 8 heteroatoms. The van der Waals surface area contributed by atoms with Gasteiger partial charge in [-0.15, -0.1) is 0 Å². The van der Waals surface area contributed by atoms with Crippen LogP contribution in [0.1, 0.15) is 23.7 Å². The van der Waals surface area contributed by atoms with Crippen molar-refractivity contribution < 1.29 is 22.7 Å². The van der Waals surface area contributed by atoms with Crippen LogP contribution in [0.2, 0.25) is 5.15 Å². The number of nitrogens with zero attached hydrogens (tertiary/aromatic N) is 2. The van der Waals surface area contributed by atoms with E-state index < -0.39 is 25.1 Å². The van der Waals surface area contributed by atoms with Crippen LogP contribution in [0.3, 0.4) is 0 Å². The SMILES string of the molecule is CCOC(=O)c1cnn(CCC(F)(F)F)c1Cl. The zero-order chi connectivity index (χ0) is 13.1. The summed E-state index contributed by atoms with van der Waals surface area (Å²) < 4.78 is 41.5. The first-order chi connectivity index (χ1) is 7.85. The van der Waals surface area contributed by atoms with E-state index in [9.17, 15) is 18.0 Å². The maximum absolute atomic E-state index is 12.0. The average molecular weight is 271 g/mol. The molecule has 0 aromatic carbocycles. The van der Waals surface area contributed by atoms with Gasteiger partial charge in [-0.1, -0.05) is 11.6 Å². The van der Waals surface area contributed by atoms with Gasteiger partial charge in [0.2, 0.25) is 0 Å². The third-order valence-corrected chi connectivity index (χ3v) is 2.28. The van der Waals surface area contributed by atoms with E-state index >= 15 is 0 Å². The number of esters is 1. The number of aromatic nitrogens is 2. The first-order valence-electron chi connectivity index (χ1n) is 4.80. The van der Waals surface area contributed by atoms with Gasteiger partial charge in [0, 0.05) is 0 Å². The van der Waals surface area contributed by atoms with Crippen molar-refractivity contribution in [2.24, 2.45) is 0 Å². The number of halogens is 4. The second-order valence-corrected chi connectivity index (χ2v) is 3.52. The summed E-state index contributed by atoms with van der Waals surface area (Å²) in [5, 5.41) is 3.46. The van der Waals surface area contributed by atoms with Crippen LogP contribution in [0.4, 0.5) is 13.2 Å². The lowest BCUT2D eigenvalue weighted by Crippen LogP contribution is -2.13. The zero-order valence-corrected chi connectivity index (χ0v) is 9.68. The summed E-state index contributed by atoms with van der Waals surface area (Å²) in [7, 11) is 0. The fourth-order valence-corrected chi connectivity index (χ4v) is 1.36. The quantitative estimate of drug-likeness (QED) is 0.790. The molecule has 0 amide bonds. The molecular formula is C9H10ClF3N2O2. The summed E-state index contributed by atoms with van der Waals surface area (Å²) in [6, 6.07) is 0. The molecule has 0 fully saturated rings. The minimum atomic E-state index is -4.29. The van der Waals surface area contributed by atoms with E-state index in [-0.39, 0.29) is 17.3 Å². The highest BCUT2D eigenvalue weighted by molar-refractivity contribution is 6.32. The highest BCUT2D eigenvalue weighted by Gasteiger charge is 2.28. The molecule has 1 aromatic heterocycles. The monoisotopic (exact) mass is 270 g/mol. The van der Waals surface area contributed by atoms with Crippen LogP contribution in [0.15, 0.2) is 6.20 Å². The number of aryl methyl sites for hydroxylation is 1. The molecule has 0 saturated heterocycles. The van der Waals surface area contributed by atoms with Gasteiger partial charge in [-0.05, 0) is 6.92 Å². The third-order valence-electron chi connectivity index (χ3n) is 1.88. The average Bonchev–Trinajstić information content (AvgIpc) is 2.56. The van der Waals surface area contributed by atoms with Crippen molar-refractivity contribution in [2.75, 3.05) is 6.61 Å². The highest BCUT2D eigenvalue weighted by atomic mass is 35.5. The summed E-state index contributed by atoms with van der Waals surface area (Å²) in [4.78, 5) is 11.3. The fraction of sp³-hybridized carbons (Fsp3) is 0.556. The van der Waals surface area contributed by atoms with Crippen molar-refractivity contribution >= 4 is 17.6 Å². The number of hydrogen-bond donors (Lipinski definition) is 0. The number of alkyl halides is 3. The molecule has 0 atom stereocenters. The summed E-state index contributed by atoms with van der Waals surface area (Å²) in [5.74, 6) is -0.698. The molecule has 4 nitrogen and oxygen atoms in total. The lowest BCUT2D eigenvalue weighted by molar-refractivity contribution is -0.137. The van der Waals surface area contributed by atoms with Crippen molar-refractivity contribution in [1.82, 2.24) is 9.78 Å². The first kappa shape index (κ1) is 13.8. The maximum atomic E-state index is 12.0. The Morgan fingerprint density at radius 2 is 2.24 bits per heavy atom. The smallest absolute Gasteiger partial charge is 0.390 e. The minimum absolute atomic E-state index is 0.0318. The molecular weight excluding hydrogens is 261 g/mol. The Bertz CT molecular complexity index is 403. The van der Waals surface area contributed by atoms with Crippen molar-refractivity contribution in [3.05, 3.63) is 16.9 Å². The Morgan fingerprint density at radius 3 is 2.76 bits per heavy atom.